The fraction of sp³-hybridized carbons (Fsp3) is 0.364. The molecule has 0 saturated carbocycles. The lowest BCUT2D eigenvalue weighted by molar-refractivity contribution is 0.0978. The monoisotopic (exact) mass is 203 g/mol. The molecule has 0 unspecified atom stereocenters. The van der Waals surface area contributed by atoms with Crippen LogP contribution < -0.4 is 0 Å². The Bertz CT molecular complexity index is 502. The largest absolute Gasteiger partial charge is 0.292 e. The van der Waals surface area contributed by atoms with Crippen LogP contribution in [-0.2, 0) is 0 Å². The van der Waals surface area contributed by atoms with Gasteiger partial charge in [-0.15, -0.1) is 0 Å². The average Bonchev–Trinajstić information content (AvgIpc) is 2.61. The maximum atomic E-state index is 11.8. The van der Waals surface area contributed by atoms with Crippen molar-refractivity contribution in [3.05, 3.63) is 23.7 Å². The summed E-state index contributed by atoms with van der Waals surface area (Å²) < 4.78 is 0. The highest BCUT2D eigenvalue weighted by Gasteiger charge is 2.13. The number of aromatic amines is 1. The van der Waals surface area contributed by atoms with Crippen molar-refractivity contribution in [3.63, 3.8) is 0 Å². The van der Waals surface area contributed by atoms with Crippen LogP contribution in [0.15, 0.2) is 12.3 Å². The highest BCUT2D eigenvalue weighted by atomic mass is 16.1. The van der Waals surface area contributed by atoms with Gasteiger partial charge in [0.05, 0.1) is 0 Å². The zero-order chi connectivity index (χ0) is 10.8. The molecule has 0 aliphatic carbocycles. The highest BCUT2D eigenvalue weighted by Crippen LogP contribution is 2.18. The van der Waals surface area contributed by atoms with E-state index < -0.39 is 0 Å². The van der Waals surface area contributed by atoms with Crippen molar-refractivity contribution >= 4 is 16.7 Å². The lowest BCUT2D eigenvalue weighted by atomic mass is 10.1. The van der Waals surface area contributed by atoms with Gasteiger partial charge in [-0.3, -0.25) is 14.9 Å². The van der Waals surface area contributed by atoms with Gasteiger partial charge < -0.3 is 0 Å². The number of aromatic nitrogens is 3. The second-order valence-corrected chi connectivity index (χ2v) is 3.58. The number of aryl methyl sites for hydroxylation is 1. The molecule has 2 aromatic rings. The Labute approximate surface area is 87.7 Å². The Hall–Kier alpha value is -1.71. The Kier molecular flexibility index (Phi) is 2.49. The second-order valence-electron chi connectivity index (χ2n) is 3.58. The molecule has 4 heteroatoms. The molecule has 15 heavy (non-hydrogen) atoms. The van der Waals surface area contributed by atoms with Crippen LogP contribution >= 0.6 is 0 Å². The van der Waals surface area contributed by atoms with E-state index in [1.807, 2.05) is 19.9 Å². The molecule has 2 heterocycles. The number of nitrogens with one attached hydrogen (secondary N) is 1. The molecule has 0 radical (unpaired) electrons. The summed E-state index contributed by atoms with van der Waals surface area (Å²) in [5, 5.41) is 7.96. The smallest absolute Gasteiger partial charge is 0.183 e. The first-order chi connectivity index (χ1) is 7.24. The summed E-state index contributed by atoms with van der Waals surface area (Å²) in [5.74, 6) is 0.0644. The second kappa shape index (κ2) is 3.81. The maximum absolute atomic E-state index is 11.8. The fourth-order valence-electron chi connectivity index (χ4n) is 1.62. The van der Waals surface area contributed by atoms with Crippen molar-refractivity contribution < 1.29 is 4.79 Å². The van der Waals surface area contributed by atoms with Gasteiger partial charge in [-0.2, -0.15) is 5.10 Å². The van der Waals surface area contributed by atoms with Crippen LogP contribution in [0.25, 0.3) is 10.9 Å². The molecule has 2 rings (SSSR count). The Morgan fingerprint density at radius 2 is 2.33 bits per heavy atom. The van der Waals surface area contributed by atoms with Gasteiger partial charge in [-0.05, 0) is 19.4 Å². The number of hydrogen-bond acceptors (Lipinski definition) is 3. The van der Waals surface area contributed by atoms with Crippen molar-refractivity contribution in [2.75, 3.05) is 0 Å². The molecule has 4 nitrogen and oxygen atoms in total. The highest BCUT2D eigenvalue weighted by molar-refractivity contribution is 6.05. The minimum Gasteiger partial charge on any atom is -0.292 e. The van der Waals surface area contributed by atoms with Crippen molar-refractivity contribution in [1.82, 2.24) is 15.2 Å². The Balaban J connectivity index is 2.56. The third kappa shape index (κ3) is 1.63. The minimum atomic E-state index is 0.0644. The van der Waals surface area contributed by atoms with Gasteiger partial charge in [0, 0.05) is 23.7 Å². The number of hydrogen-bond donors (Lipinski definition) is 1. The van der Waals surface area contributed by atoms with Crippen LogP contribution in [0, 0.1) is 6.92 Å². The molecular formula is C11H13N3O. The van der Waals surface area contributed by atoms with Crippen LogP contribution in [0.3, 0.4) is 0 Å². The standard InChI is InChI=1S/C11H13N3O/c1-3-4-9(15)11-10-8(5-6-12-11)7(2)13-14-10/h5-6H,3-4H2,1-2H3,(H,13,14). The summed E-state index contributed by atoms with van der Waals surface area (Å²) >= 11 is 0. The molecule has 0 spiro atoms. The van der Waals surface area contributed by atoms with E-state index in [0.717, 1.165) is 17.5 Å². The number of nitrogens with zero attached hydrogens (tertiary/aromatic N) is 2. The van der Waals surface area contributed by atoms with Crippen molar-refractivity contribution in [1.29, 1.82) is 0 Å². The summed E-state index contributed by atoms with van der Waals surface area (Å²) in [7, 11) is 0. The van der Waals surface area contributed by atoms with Crippen molar-refractivity contribution in [3.8, 4) is 0 Å². The summed E-state index contributed by atoms with van der Waals surface area (Å²) in [6, 6.07) is 1.87. The molecule has 0 aromatic carbocycles. The summed E-state index contributed by atoms with van der Waals surface area (Å²) in [4.78, 5) is 15.9. The summed E-state index contributed by atoms with van der Waals surface area (Å²) in [6.45, 7) is 3.91. The Morgan fingerprint density at radius 3 is 3.07 bits per heavy atom. The fourth-order valence-corrected chi connectivity index (χ4v) is 1.62. The number of ketones is 1. The number of carbonyl (C=O) groups is 1. The molecule has 0 amide bonds. The van der Waals surface area contributed by atoms with Gasteiger partial charge >= 0.3 is 0 Å². The molecule has 0 aliphatic heterocycles. The lowest BCUT2D eigenvalue weighted by Crippen LogP contribution is -2.02. The van der Waals surface area contributed by atoms with Crippen LogP contribution in [0.2, 0.25) is 0 Å². The van der Waals surface area contributed by atoms with Gasteiger partial charge in [-0.25, -0.2) is 0 Å². The van der Waals surface area contributed by atoms with E-state index in [4.69, 9.17) is 0 Å². The van der Waals surface area contributed by atoms with Crippen LogP contribution in [-0.4, -0.2) is 21.0 Å². The number of H-pyrrole nitrogens is 1. The molecule has 78 valence electrons. The van der Waals surface area contributed by atoms with E-state index in [1.54, 1.807) is 6.20 Å². The lowest BCUT2D eigenvalue weighted by Gasteiger charge is -1.98. The third-order valence-electron chi connectivity index (χ3n) is 2.40. The first-order valence-corrected chi connectivity index (χ1v) is 5.07. The SMILES string of the molecule is CCCC(=O)c1nccc2c(C)[nH]nc12. The quantitative estimate of drug-likeness (QED) is 0.778. The van der Waals surface area contributed by atoms with E-state index in [9.17, 15) is 4.79 Å². The van der Waals surface area contributed by atoms with E-state index in [1.165, 1.54) is 0 Å². The van der Waals surface area contributed by atoms with Crippen molar-refractivity contribution in [2.45, 2.75) is 26.7 Å². The number of pyridine rings is 1. The molecule has 0 aliphatic rings. The number of fused-ring (bicyclic) bond motifs is 1. The minimum absolute atomic E-state index is 0.0644. The molecule has 2 aromatic heterocycles. The van der Waals surface area contributed by atoms with Gasteiger partial charge in [0.1, 0.15) is 11.2 Å². The molecule has 0 bridgehead atoms. The van der Waals surface area contributed by atoms with Gasteiger partial charge in [0.2, 0.25) is 0 Å². The summed E-state index contributed by atoms with van der Waals surface area (Å²) in [5.41, 5.74) is 2.14. The van der Waals surface area contributed by atoms with Crippen LogP contribution in [0.1, 0.15) is 35.9 Å². The molecule has 0 fully saturated rings. The average molecular weight is 203 g/mol. The van der Waals surface area contributed by atoms with E-state index in [0.29, 0.717) is 17.6 Å². The molecule has 1 N–H and O–H groups in total. The number of carbonyl (C=O) groups excluding carboxylic acids is 1. The molecular weight excluding hydrogens is 190 g/mol. The number of rotatable bonds is 3. The van der Waals surface area contributed by atoms with E-state index in [2.05, 4.69) is 15.2 Å². The predicted molar refractivity (Wildman–Crippen MR) is 57.9 cm³/mol. The Morgan fingerprint density at radius 1 is 1.53 bits per heavy atom. The molecule has 0 saturated heterocycles. The zero-order valence-corrected chi connectivity index (χ0v) is 8.87. The van der Waals surface area contributed by atoms with Gasteiger partial charge in [0.25, 0.3) is 0 Å². The van der Waals surface area contributed by atoms with Crippen LogP contribution in [0.5, 0.6) is 0 Å². The normalized spacial score (nSPS) is 10.8. The number of Topliss-reactive ketones (excluding diaryl/α,β-unsaturated/α-hetero) is 1. The topological polar surface area (TPSA) is 58.6 Å². The maximum Gasteiger partial charge on any atom is 0.183 e. The van der Waals surface area contributed by atoms with E-state index >= 15 is 0 Å². The summed E-state index contributed by atoms with van der Waals surface area (Å²) in [6.07, 6.45) is 3.02. The van der Waals surface area contributed by atoms with Crippen molar-refractivity contribution in [2.24, 2.45) is 0 Å². The van der Waals surface area contributed by atoms with Gasteiger partial charge in [0.15, 0.2) is 5.78 Å². The predicted octanol–water partition coefficient (Wildman–Crippen LogP) is 2.25. The molecule has 0 atom stereocenters. The first kappa shape index (κ1) is 9.83. The van der Waals surface area contributed by atoms with Crippen LogP contribution in [0.4, 0.5) is 0 Å². The van der Waals surface area contributed by atoms with E-state index in [-0.39, 0.29) is 5.78 Å². The third-order valence-corrected chi connectivity index (χ3v) is 2.40. The zero-order valence-electron chi connectivity index (χ0n) is 8.87. The first-order valence-electron chi connectivity index (χ1n) is 5.07. The van der Waals surface area contributed by atoms with Gasteiger partial charge in [-0.1, -0.05) is 6.92 Å².